The molecule has 0 bridgehead atoms. The van der Waals surface area contributed by atoms with Crippen LogP contribution in [-0.4, -0.2) is 49.3 Å². The fourth-order valence-corrected chi connectivity index (χ4v) is 3.58. The van der Waals surface area contributed by atoms with E-state index in [1.165, 1.54) is 0 Å². The molecule has 0 unspecified atom stereocenters. The molecule has 0 aromatic heterocycles. The maximum Gasteiger partial charge on any atom is 0.329 e. The minimum absolute atomic E-state index is 0. The van der Waals surface area contributed by atoms with Crippen LogP contribution < -0.4 is 10.6 Å². The number of carbonyl (C=O) groups is 2. The zero-order valence-corrected chi connectivity index (χ0v) is 19.7. The van der Waals surface area contributed by atoms with Crippen molar-refractivity contribution in [1.82, 2.24) is 10.6 Å². The molecule has 0 radical (unpaired) electrons. The Morgan fingerprint density at radius 3 is 2.37 bits per heavy atom. The van der Waals surface area contributed by atoms with Crippen molar-refractivity contribution in [2.75, 3.05) is 13.7 Å². The van der Waals surface area contributed by atoms with Crippen molar-refractivity contribution in [1.29, 1.82) is 0 Å². The van der Waals surface area contributed by atoms with Gasteiger partial charge in [0.15, 0.2) is 0 Å². The summed E-state index contributed by atoms with van der Waals surface area (Å²) in [5.41, 5.74) is 0.345. The number of benzene rings is 1. The van der Waals surface area contributed by atoms with Gasteiger partial charge in [0.1, 0.15) is 11.6 Å². The smallest absolute Gasteiger partial charge is 0.329 e. The third kappa shape index (κ3) is 8.44. The predicted octanol–water partition coefficient (Wildman–Crippen LogP) is 3.98. The summed E-state index contributed by atoms with van der Waals surface area (Å²) in [4.78, 5) is 25.7. The number of hydrogen-bond donors (Lipinski definition) is 2. The monoisotopic (exact) mass is 424 g/mol. The average molecular weight is 425 g/mol. The summed E-state index contributed by atoms with van der Waals surface area (Å²) >= 11 is 0. The number of hydrogen-bond acceptors (Lipinski definition) is 5. The van der Waals surface area contributed by atoms with E-state index >= 15 is 0 Å². The van der Waals surface area contributed by atoms with E-state index in [0.29, 0.717) is 6.42 Å². The van der Waals surface area contributed by atoms with E-state index in [1.807, 2.05) is 71.9 Å². The molecule has 1 aromatic carbocycles. The molecule has 174 valence electrons. The summed E-state index contributed by atoms with van der Waals surface area (Å²) in [5.74, 6) is -1.02. The van der Waals surface area contributed by atoms with Crippen LogP contribution in [0, 0.1) is 5.92 Å². The number of amides is 1. The van der Waals surface area contributed by atoms with Gasteiger partial charge in [0.25, 0.3) is 0 Å². The highest BCUT2D eigenvalue weighted by Crippen LogP contribution is 2.20. The van der Waals surface area contributed by atoms with Crippen LogP contribution in [0.25, 0.3) is 0 Å². The van der Waals surface area contributed by atoms with Crippen molar-refractivity contribution >= 4 is 11.9 Å². The van der Waals surface area contributed by atoms with Crippen LogP contribution in [0.4, 0.5) is 0 Å². The molecule has 0 saturated carbocycles. The van der Waals surface area contributed by atoms with E-state index in [4.69, 9.17) is 9.47 Å². The van der Waals surface area contributed by atoms with Crippen molar-refractivity contribution in [2.45, 2.75) is 84.6 Å². The van der Waals surface area contributed by atoms with Crippen molar-refractivity contribution in [3.05, 3.63) is 35.9 Å². The highest BCUT2D eigenvalue weighted by atomic mass is 16.6. The maximum atomic E-state index is 12.9. The number of methoxy groups -OCH3 is 1. The van der Waals surface area contributed by atoms with Crippen LogP contribution in [0.15, 0.2) is 30.3 Å². The zero-order valence-electron chi connectivity index (χ0n) is 19.7. The SMILES string of the molecule is CC.CO[C@@H]([C@@H]1CCCN1)[C@@H](C)C(=O)N[C@@H](Cc1ccccc1)C(=O)OC(C)(C)C.[HH].[HH]. The molecule has 0 spiro atoms. The van der Waals surface area contributed by atoms with E-state index in [-0.39, 0.29) is 26.8 Å². The summed E-state index contributed by atoms with van der Waals surface area (Å²) in [6.07, 6.45) is 2.20. The lowest BCUT2D eigenvalue weighted by Crippen LogP contribution is -2.51. The zero-order chi connectivity index (χ0) is 22.7. The van der Waals surface area contributed by atoms with Crippen molar-refractivity contribution in [2.24, 2.45) is 5.92 Å². The molecule has 1 heterocycles. The minimum Gasteiger partial charge on any atom is -0.458 e. The molecule has 0 aliphatic carbocycles. The Labute approximate surface area is 185 Å². The molecular weight excluding hydrogens is 380 g/mol. The average Bonchev–Trinajstić information content (AvgIpc) is 3.23. The highest BCUT2D eigenvalue weighted by molar-refractivity contribution is 5.86. The summed E-state index contributed by atoms with van der Waals surface area (Å²) in [6, 6.07) is 9.04. The van der Waals surface area contributed by atoms with Gasteiger partial charge >= 0.3 is 5.97 Å². The van der Waals surface area contributed by atoms with Crippen LogP contribution in [0.3, 0.4) is 0 Å². The first-order valence-electron chi connectivity index (χ1n) is 11.0. The first-order valence-corrected chi connectivity index (χ1v) is 11.0. The first kappa shape index (κ1) is 26.1. The second-order valence-electron chi connectivity index (χ2n) is 8.48. The number of rotatable bonds is 8. The van der Waals surface area contributed by atoms with Gasteiger partial charge in [-0.2, -0.15) is 0 Å². The van der Waals surface area contributed by atoms with Gasteiger partial charge in [-0.15, -0.1) is 0 Å². The third-order valence-corrected chi connectivity index (χ3v) is 4.96. The van der Waals surface area contributed by atoms with Crippen LogP contribution >= 0.6 is 0 Å². The lowest BCUT2D eigenvalue weighted by Gasteiger charge is -2.29. The molecule has 1 aliphatic rings. The molecular formula is C24H44N2O4. The Kier molecular flexibility index (Phi) is 11.1. The minimum atomic E-state index is -0.745. The van der Waals surface area contributed by atoms with Gasteiger partial charge in [0.2, 0.25) is 5.91 Å². The Bertz CT molecular complexity index is 647. The fourth-order valence-electron chi connectivity index (χ4n) is 3.58. The summed E-state index contributed by atoms with van der Waals surface area (Å²) in [5, 5.41) is 6.30. The third-order valence-electron chi connectivity index (χ3n) is 4.96. The maximum absolute atomic E-state index is 12.9. The van der Waals surface area contributed by atoms with E-state index in [0.717, 1.165) is 24.9 Å². The predicted molar refractivity (Wildman–Crippen MR) is 124 cm³/mol. The molecule has 4 atom stereocenters. The van der Waals surface area contributed by atoms with Gasteiger partial charge in [0, 0.05) is 22.4 Å². The molecule has 1 saturated heterocycles. The Hall–Kier alpha value is -1.92. The molecule has 2 rings (SSSR count). The largest absolute Gasteiger partial charge is 0.458 e. The van der Waals surface area contributed by atoms with E-state index < -0.39 is 17.6 Å². The molecule has 1 aliphatic heterocycles. The summed E-state index contributed by atoms with van der Waals surface area (Å²) in [7, 11) is 1.63. The standard InChI is InChI=1S/C22H34N2O4.C2H6.2H2/c1-15(19(27-5)17-12-9-13-23-17)20(25)24-18(21(26)28-22(2,3)4)14-16-10-7-6-8-11-16;1-2;;/h6-8,10-11,15,17-19,23H,9,12-14H2,1-5H3,(H,24,25);1-2H3;2*1H/t15-,17+,18+,19-;;;/m1.../s1. The van der Waals surface area contributed by atoms with Gasteiger partial charge in [-0.1, -0.05) is 51.1 Å². The fraction of sp³-hybridized carbons (Fsp3) is 0.667. The lowest BCUT2D eigenvalue weighted by molar-refractivity contribution is -0.159. The normalized spacial score (nSPS) is 19.1. The highest BCUT2D eigenvalue weighted by Gasteiger charge is 2.35. The van der Waals surface area contributed by atoms with E-state index in [2.05, 4.69) is 10.6 Å². The molecule has 6 nitrogen and oxygen atoms in total. The van der Waals surface area contributed by atoms with Crippen molar-refractivity contribution in [3.63, 3.8) is 0 Å². The molecule has 2 N–H and O–H groups in total. The second-order valence-corrected chi connectivity index (χ2v) is 8.48. The van der Waals surface area contributed by atoms with Crippen molar-refractivity contribution < 1.29 is 21.9 Å². The number of nitrogens with one attached hydrogen (secondary N) is 2. The first-order chi connectivity index (χ1) is 14.2. The van der Waals surface area contributed by atoms with Crippen LogP contribution in [0.1, 0.15) is 62.8 Å². The van der Waals surface area contributed by atoms with Gasteiger partial charge in [-0.25, -0.2) is 4.79 Å². The molecule has 1 aromatic rings. The van der Waals surface area contributed by atoms with E-state index in [1.54, 1.807) is 7.11 Å². The second kappa shape index (κ2) is 12.7. The topological polar surface area (TPSA) is 76.7 Å². The Morgan fingerprint density at radius 2 is 1.87 bits per heavy atom. The summed E-state index contributed by atoms with van der Waals surface area (Å²) < 4.78 is 11.2. The number of ether oxygens (including phenoxy) is 2. The van der Waals surface area contributed by atoms with E-state index in [9.17, 15) is 9.59 Å². The van der Waals surface area contributed by atoms with Crippen LogP contribution in [0.2, 0.25) is 0 Å². The van der Waals surface area contributed by atoms with Gasteiger partial charge in [-0.05, 0) is 45.7 Å². The quantitative estimate of drug-likeness (QED) is 0.618. The summed E-state index contributed by atoms with van der Waals surface area (Å²) in [6.45, 7) is 12.2. The van der Waals surface area contributed by atoms with Crippen LogP contribution in [0.5, 0.6) is 0 Å². The number of carbonyl (C=O) groups excluding carboxylic acids is 2. The lowest BCUT2D eigenvalue weighted by atomic mass is 9.95. The molecule has 1 fully saturated rings. The van der Waals surface area contributed by atoms with Crippen LogP contribution in [-0.2, 0) is 25.5 Å². The Morgan fingerprint density at radius 1 is 1.23 bits per heavy atom. The van der Waals surface area contributed by atoms with Gasteiger partial charge < -0.3 is 20.1 Å². The van der Waals surface area contributed by atoms with Crippen molar-refractivity contribution in [3.8, 4) is 0 Å². The molecule has 1 amide bonds. The van der Waals surface area contributed by atoms with Gasteiger partial charge in [-0.3, -0.25) is 4.79 Å². The molecule has 6 heteroatoms. The Balaban J connectivity index is 0. The number of esters is 1. The van der Waals surface area contributed by atoms with Gasteiger partial charge in [0.05, 0.1) is 12.0 Å². The molecule has 30 heavy (non-hydrogen) atoms.